The van der Waals surface area contributed by atoms with E-state index < -0.39 is 0 Å². The highest BCUT2D eigenvalue weighted by Crippen LogP contribution is 2.33. The molecular weight excluding hydrogens is 430 g/mol. The van der Waals surface area contributed by atoms with E-state index in [1.807, 2.05) is 18.2 Å². The molecule has 2 fully saturated rings. The molecule has 2 N–H and O–H groups in total. The third-order valence-electron chi connectivity index (χ3n) is 6.99. The van der Waals surface area contributed by atoms with Gasteiger partial charge in [-0.1, -0.05) is 12.5 Å². The van der Waals surface area contributed by atoms with Crippen LogP contribution in [0.5, 0.6) is 11.5 Å². The second-order valence-corrected chi connectivity index (χ2v) is 9.22. The predicted octanol–water partition coefficient (Wildman–Crippen LogP) is 4.06. The Hall–Kier alpha value is -3.32. The molecule has 2 amide bonds. The lowest BCUT2D eigenvalue weighted by Crippen LogP contribution is -2.51. The summed E-state index contributed by atoms with van der Waals surface area (Å²) in [6.07, 6.45) is 9.44. The van der Waals surface area contributed by atoms with E-state index in [1.54, 1.807) is 30.3 Å². The lowest BCUT2D eigenvalue weighted by atomic mass is 9.83. The number of benzene rings is 2. The molecule has 3 aliphatic heterocycles. The molecule has 2 unspecified atom stereocenters. The number of ether oxygens (including phenoxy) is 2. The minimum absolute atomic E-state index is 0.0616. The molecule has 0 spiro atoms. The molecule has 3 heterocycles. The van der Waals surface area contributed by atoms with Crippen LogP contribution in [-0.2, 0) is 4.79 Å². The summed E-state index contributed by atoms with van der Waals surface area (Å²) in [5.74, 6) is 1.61. The van der Waals surface area contributed by atoms with Gasteiger partial charge in [-0.25, -0.2) is 0 Å². The van der Waals surface area contributed by atoms with Gasteiger partial charge in [0.2, 0.25) is 12.7 Å². The van der Waals surface area contributed by atoms with Crippen LogP contribution in [0.2, 0.25) is 0 Å². The summed E-state index contributed by atoms with van der Waals surface area (Å²) < 4.78 is 10.7. The van der Waals surface area contributed by atoms with Crippen LogP contribution in [0.1, 0.15) is 48.0 Å². The second-order valence-electron chi connectivity index (χ2n) is 9.22. The van der Waals surface area contributed by atoms with Gasteiger partial charge in [0.25, 0.3) is 5.91 Å². The lowest BCUT2D eigenvalue weighted by molar-refractivity contribution is -0.111. The fraction of sp³-hybridized carbons (Fsp3) is 0.407. The minimum Gasteiger partial charge on any atom is -0.454 e. The zero-order valence-electron chi connectivity index (χ0n) is 19.3. The van der Waals surface area contributed by atoms with E-state index in [4.69, 9.17) is 9.47 Å². The Morgan fingerprint density at radius 2 is 1.79 bits per heavy atom. The Labute approximate surface area is 200 Å². The first-order valence-corrected chi connectivity index (χ1v) is 12.2. The van der Waals surface area contributed by atoms with E-state index in [2.05, 4.69) is 15.5 Å². The van der Waals surface area contributed by atoms with Gasteiger partial charge >= 0.3 is 0 Å². The molecule has 3 aliphatic rings. The van der Waals surface area contributed by atoms with Crippen molar-refractivity contribution in [2.45, 2.75) is 38.1 Å². The quantitative estimate of drug-likeness (QED) is 0.634. The number of carbonyl (C=O) groups is 2. The number of hydrogen-bond donors (Lipinski definition) is 2. The fourth-order valence-electron chi connectivity index (χ4n) is 5.22. The maximum absolute atomic E-state index is 12.7. The van der Waals surface area contributed by atoms with Gasteiger partial charge in [-0.3, -0.25) is 9.59 Å². The number of nitrogens with one attached hydrogen (secondary N) is 2. The molecule has 178 valence electrons. The monoisotopic (exact) mass is 461 g/mol. The van der Waals surface area contributed by atoms with Crippen molar-refractivity contribution >= 4 is 23.6 Å². The zero-order chi connectivity index (χ0) is 23.3. The highest BCUT2D eigenvalue weighted by Gasteiger charge is 2.32. The first-order chi connectivity index (χ1) is 16.7. The Balaban J connectivity index is 1.11. The summed E-state index contributed by atoms with van der Waals surface area (Å²) >= 11 is 0. The van der Waals surface area contributed by atoms with E-state index in [0.29, 0.717) is 34.7 Å². The molecule has 2 aromatic carbocycles. The number of fused-ring (bicyclic) bond motifs is 2. The summed E-state index contributed by atoms with van der Waals surface area (Å²) in [5, 5.41) is 5.96. The molecule has 0 saturated carbocycles. The first kappa shape index (κ1) is 22.5. The fourth-order valence-corrected chi connectivity index (χ4v) is 5.22. The maximum Gasteiger partial charge on any atom is 0.251 e. The second kappa shape index (κ2) is 10.3. The third-order valence-corrected chi connectivity index (χ3v) is 6.99. The van der Waals surface area contributed by atoms with Crippen LogP contribution in [0.15, 0.2) is 48.5 Å². The van der Waals surface area contributed by atoms with Crippen LogP contribution < -0.4 is 20.1 Å². The molecular formula is C27H31N3O4. The molecule has 7 heteroatoms. The highest BCUT2D eigenvalue weighted by atomic mass is 16.7. The highest BCUT2D eigenvalue weighted by molar-refractivity contribution is 6.02. The molecule has 2 saturated heterocycles. The van der Waals surface area contributed by atoms with Crippen LogP contribution in [0.25, 0.3) is 6.08 Å². The van der Waals surface area contributed by atoms with Crippen molar-refractivity contribution in [2.24, 2.45) is 5.92 Å². The maximum atomic E-state index is 12.7. The van der Waals surface area contributed by atoms with Crippen molar-refractivity contribution in [3.05, 3.63) is 59.7 Å². The number of carbonyl (C=O) groups excluding carboxylic acids is 2. The van der Waals surface area contributed by atoms with Crippen molar-refractivity contribution in [1.82, 2.24) is 10.2 Å². The summed E-state index contributed by atoms with van der Waals surface area (Å²) in [5.41, 5.74) is 2.09. The molecule has 0 bridgehead atoms. The molecule has 0 aromatic heterocycles. The van der Waals surface area contributed by atoms with Gasteiger partial charge in [0, 0.05) is 29.9 Å². The largest absolute Gasteiger partial charge is 0.454 e. The summed E-state index contributed by atoms with van der Waals surface area (Å²) in [6.45, 7) is 3.35. The molecule has 5 rings (SSSR count). The van der Waals surface area contributed by atoms with E-state index in [-0.39, 0.29) is 18.6 Å². The Morgan fingerprint density at radius 3 is 2.68 bits per heavy atom. The molecule has 7 nitrogen and oxygen atoms in total. The number of hydrogen-bond acceptors (Lipinski definition) is 5. The topological polar surface area (TPSA) is 79.9 Å². The summed E-state index contributed by atoms with van der Waals surface area (Å²) in [4.78, 5) is 27.6. The van der Waals surface area contributed by atoms with Crippen molar-refractivity contribution in [3.8, 4) is 11.5 Å². The van der Waals surface area contributed by atoms with Gasteiger partial charge in [-0.15, -0.1) is 0 Å². The minimum atomic E-state index is -0.246. The van der Waals surface area contributed by atoms with E-state index in [1.165, 1.54) is 51.3 Å². The number of amides is 2. The molecule has 0 radical (unpaired) electrons. The Bertz CT molecular complexity index is 1060. The van der Waals surface area contributed by atoms with E-state index in [9.17, 15) is 9.59 Å². The Morgan fingerprint density at radius 1 is 0.971 bits per heavy atom. The number of rotatable bonds is 6. The van der Waals surface area contributed by atoms with Crippen LogP contribution in [-0.4, -0.2) is 49.2 Å². The van der Waals surface area contributed by atoms with E-state index >= 15 is 0 Å². The number of nitrogens with zero attached hydrogens (tertiary/aromatic N) is 1. The van der Waals surface area contributed by atoms with Crippen LogP contribution >= 0.6 is 0 Å². The third kappa shape index (κ3) is 5.25. The average Bonchev–Trinajstić information content (AvgIpc) is 3.34. The van der Waals surface area contributed by atoms with Crippen molar-refractivity contribution in [1.29, 1.82) is 0 Å². The lowest BCUT2D eigenvalue weighted by Gasteiger charge is -2.44. The summed E-state index contributed by atoms with van der Waals surface area (Å²) in [7, 11) is 0. The van der Waals surface area contributed by atoms with Crippen LogP contribution in [0.4, 0.5) is 5.69 Å². The van der Waals surface area contributed by atoms with Gasteiger partial charge in [0.1, 0.15) is 0 Å². The molecule has 2 aromatic rings. The SMILES string of the molecule is O=C(C=Cc1ccc2c(c1)OCO2)Nc1ccc(C(=O)NCC2CCCN3CCCCC23)cc1. The average molecular weight is 462 g/mol. The van der Waals surface area contributed by atoms with Gasteiger partial charge < -0.3 is 25.0 Å². The van der Waals surface area contributed by atoms with Crippen LogP contribution in [0, 0.1) is 5.92 Å². The van der Waals surface area contributed by atoms with Gasteiger partial charge in [0.15, 0.2) is 11.5 Å². The van der Waals surface area contributed by atoms with Crippen LogP contribution in [0.3, 0.4) is 0 Å². The molecule has 0 aliphatic carbocycles. The first-order valence-electron chi connectivity index (χ1n) is 12.2. The molecule has 2 atom stereocenters. The normalized spacial score (nSPS) is 21.8. The number of anilines is 1. The smallest absolute Gasteiger partial charge is 0.251 e. The summed E-state index contributed by atoms with van der Waals surface area (Å²) in [6, 6.07) is 13.1. The zero-order valence-corrected chi connectivity index (χ0v) is 19.3. The van der Waals surface area contributed by atoms with Crippen molar-refractivity contribution < 1.29 is 19.1 Å². The standard InChI is InChI=1S/C27H31N3O4/c31-26(13-7-19-6-12-24-25(16-19)34-18-33-24)29-22-10-8-20(9-11-22)27(32)28-17-21-4-3-15-30-14-2-1-5-23(21)30/h6-13,16,21,23H,1-5,14-15,17-18H2,(H,28,32)(H,29,31). The van der Waals surface area contributed by atoms with Gasteiger partial charge in [0.05, 0.1) is 0 Å². The Kier molecular flexibility index (Phi) is 6.81. The number of piperidine rings is 2. The van der Waals surface area contributed by atoms with Gasteiger partial charge in [-0.05, 0) is 92.7 Å². The van der Waals surface area contributed by atoms with Crippen molar-refractivity contribution in [3.63, 3.8) is 0 Å². The van der Waals surface area contributed by atoms with Crippen molar-refractivity contribution in [2.75, 3.05) is 31.7 Å². The molecule has 34 heavy (non-hydrogen) atoms. The van der Waals surface area contributed by atoms with Gasteiger partial charge in [-0.2, -0.15) is 0 Å². The van der Waals surface area contributed by atoms with E-state index in [0.717, 1.165) is 12.1 Å². The predicted molar refractivity (Wildman–Crippen MR) is 131 cm³/mol.